The zero-order valence-corrected chi connectivity index (χ0v) is 11.5. The molecular weight excluding hydrogens is 273 g/mol. The highest BCUT2D eigenvalue weighted by Gasteiger charge is 2.19. The summed E-state index contributed by atoms with van der Waals surface area (Å²) in [5.74, 6) is -0.864. The SMILES string of the molecule is O=C(NCC(=O)N1CCCC1)c1cc2c(F)cccc2[nH]1. The molecule has 0 unspecified atom stereocenters. The van der Waals surface area contributed by atoms with Crippen LogP contribution in [0, 0.1) is 5.82 Å². The van der Waals surface area contributed by atoms with Crippen molar-refractivity contribution in [3.63, 3.8) is 0 Å². The summed E-state index contributed by atoms with van der Waals surface area (Å²) >= 11 is 0. The fourth-order valence-corrected chi connectivity index (χ4v) is 2.57. The molecule has 1 fully saturated rings. The van der Waals surface area contributed by atoms with Gasteiger partial charge in [0.15, 0.2) is 0 Å². The summed E-state index contributed by atoms with van der Waals surface area (Å²) in [6.45, 7) is 1.48. The molecule has 110 valence electrons. The number of amides is 2. The summed E-state index contributed by atoms with van der Waals surface area (Å²) < 4.78 is 13.6. The average Bonchev–Trinajstić information content (AvgIpc) is 3.13. The second kappa shape index (κ2) is 5.55. The smallest absolute Gasteiger partial charge is 0.268 e. The molecule has 0 bridgehead atoms. The number of benzene rings is 1. The van der Waals surface area contributed by atoms with Crippen molar-refractivity contribution in [3.8, 4) is 0 Å². The molecule has 1 aromatic heterocycles. The van der Waals surface area contributed by atoms with Crippen LogP contribution in [-0.4, -0.2) is 41.3 Å². The van der Waals surface area contributed by atoms with Crippen LogP contribution in [0.4, 0.5) is 4.39 Å². The number of hydrogen-bond acceptors (Lipinski definition) is 2. The minimum atomic E-state index is -0.404. The highest BCUT2D eigenvalue weighted by atomic mass is 19.1. The van der Waals surface area contributed by atoms with Gasteiger partial charge >= 0.3 is 0 Å². The lowest BCUT2D eigenvalue weighted by molar-refractivity contribution is -0.129. The fraction of sp³-hybridized carbons (Fsp3) is 0.333. The second-order valence-electron chi connectivity index (χ2n) is 5.15. The number of H-pyrrole nitrogens is 1. The van der Waals surface area contributed by atoms with Gasteiger partial charge in [0.1, 0.15) is 11.5 Å². The number of rotatable bonds is 3. The maximum absolute atomic E-state index is 13.6. The highest BCUT2D eigenvalue weighted by Crippen LogP contribution is 2.18. The number of carbonyl (C=O) groups is 2. The van der Waals surface area contributed by atoms with Gasteiger partial charge in [-0.3, -0.25) is 9.59 Å². The molecule has 1 aromatic carbocycles. The van der Waals surface area contributed by atoms with E-state index in [1.807, 2.05) is 0 Å². The van der Waals surface area contributed by atoms with E-state index in [9.17, 15) is 14.0 Å². The van der Waals surface area contributed by atoms with Crippen LogP contribution in [0.2, 0.25) is 0 Å². The molecule has 21 heavy (non-hydrogen) atoms. The number of halogens is 1. The number of aromatic amines is 1. The molecule has 0 saturated carbocycles. The van der Waals surface area contributed by atoms with E-state index in [1.54, 1.807) is 17.0 Å². The van der Waals surface area contributed by atoms with Crippen molar-refractivity contribution in [3.05, 3.63) is 35.8 Å². The Morgan fingerprint density at radius 1 is 1.29 bits per heavy atom. The van der Waals surface area contributed by atoms with Gasteiger partial charge in [0.25, 0.3) is 5.91 Å². The van der Waals surface area contributed by atoms with E-state index in [0.29, 0.717) is 10.9 Å². The molecule has 2 N–H and O–H groups in total. The monoisotopic (exact) mass is 289 g/mol. The first-order chi connectivity index (χ1) is 10.1. The van der Waals surface area contributed by atoms with Gasteiger partial charge in [0.2, 0.25) is 5.91 Å². The largest absolute Gasteiger partial charge is 0.350 e. The van der Waals surface area contributed by atoms with E-state index in [1.165, 1.54) is 12.1 Å². The minimum Gasteiger partial charge on any atom is -0.350 e. The van der Waals surface area contributed by atoms with Crippen LogP contribution in [0.3, 0.4) is 0 Å². The molecule has 0 spiro atoms. The van der Waals surface area contributed by atoms with E-state index >= 15 is 0 Å². The van der Waals surface area contributed by atoms with Crippen molar-refractivity contribution in [1.82, 2.24) is 15.2 Å². The Morgan fingerprint density at radius 2 is 2.05 bits per heavy atom. The quantitative estimate of drug-likeness (QED) is 0.902. The first kappa shape index (κ1) is 13.6. The van der Waals surface area contributed by atoms with Crippen molar-refractivity contribution < 1.29 is 14.0 Å². The molecule has 2 amide bonds. The lowest BCUT2D eigenvalue weighted by atomic mass is 10.2. The van der Waals surface area contributed by atoms with Crippen LogP contribution in [-0.2, 0) is 4.79 Å². The van der Waals surface area contributed by atoms with Crippen LogP contribution >= 0.6 is 0 Å². The Morgan fingerprint density at radius 3 is 2.76 bits per heavy atom. The van der Waals surface area contributed by atoms with Crippen molar-refractivity contribution >= 4 is 22.7 Å². The normalized spacial score (nSPS) is 14.6. The van der Waals surface area contributed by atoms with Gasteiger partial charge in [-0.25, -0.2) is 4.39 Å². The molecule has 2 heterocycles. The summed E-state index contributed by atoms with van der Waals surface area (Å²) in [5, 5.41) is 2.94. The number of likely N-dealkylation sites (tertiary alicyclic amines) is 1. The minimum absolute atomic E-state index is 0.0311. The van der Waals surface area contributed by atoms with E-state index < -0.39 is 5.91 Å². The van der Waals surface area contributed by atoms with Gasteiger partial charge < -0.3 is 15.2 Å². The van der Waals surface area contributed by atoms with Crippen molar-refractivity contribution in [2.75, 3.05) is 19.6 Å². The Kier molecular flexibility index (Phi) is 3.60. The number of nitrogens with zero attached hydrogens (tertiary/aromatic N) is 1. The maximum atomic E-state index is 13.6. The molecule has 6 heteroatoms. The molecular formula is C15H16FN3O2. The summed E-state index contributed by atoms with van der Waals surface area (Å²) in [4.78, 5) is 28.5. The van der Waals surface area contributed by atoms with Gasteiger partial charge in [-0.2, -0.15) is 0 Å². The molecule has 5 nitrogen and oxygen atoms in total. The number of nitrogens with one attached hydrogen (secondary N) is 2. The highest BCUT2D eigenvalue weighted by molar-refractivity contribution is 5.99. The number of fused-ring (bicyclic) bond motifs is 1. The third-order valence-electron chi connectivity index (χ3n) is 3.71. The predicted octanol–water partition coefficient (Wildman–Crippen LogP) is 1.66. The third kappa shape index (κ3) is 2.74. The Labute approximate surface area is 121 Å². The zero-order valence-electron chi connectivity index (χ0n) is 11.5. The molecule has 2 aromatic rings. The van der Waals surface area contributed by atoms with Gasteiger partial charge in [0.05, 0.1) is 6.54 Å². The number of hydrogen-bond donors (Lipinski definition) is 2. The summed E-state index contributed by atoms with van der Waals surface area (Å²) in [6, 6.07) is 6.08. The standard InChI is InChI=1S/C15H16FN3O2/c16-11-4-3-5-12-10(11)8-13(18-12)15(21)17-9-14(20)19-6-1-2-7-19/h3-5,8,18H,1-2,6-7,9H2,(H,17,21). The van der Waals surface area contributed by atoms with Gasteiger partial charge in [0, 0.05) is 24.0 Å². The van der Waals surface area contributed by atoms with E-state index in [4.69, 9.17) is 0 Å². The fourth-order valence-electron chi connectivity index (χ4n) is 2.57. The lowest BCUT2D eigenvalue weighted by Crippen LogP contribution is -2.38. The Bertz CT molecular complexity index is 689. The van der Waals surface area contributed by atoms with Gasteiger partial charge in [-0.15, -0.1) is 0 Å². The van der Waals surface area contributed by atoms with Crippen LogP contribution in [0.15, 0.2) is 24.3 Å². The topological polar surface area (TPSA) is 65.2 Å². The van der Waals surface area contributed by atoms with Gasteiger partial charge in [-0.05, 0) is 31.0 Å². The van der Waals surface area contributed by atoms with Crippen molar-refractivity contribution in [1.29, 1.82) is 0 Å². The van der Waals surface area contributed by atoms with E-state index in [2.05, 4.69) is 10.3 Å². The Hall–Kier alpha value is -2.37. The van der Waals surface area contributed by atoms with E-state index in [-0.39, 0.29) is 24.0 Å². The average molecular weight is 289 g/mol. The van der Waals surface area contributed by atoms with Crippen LogP contribution < -0.4 is 5.32 Å². The summed E-state index contributed by atoms with van der Waals surface area (Å²) in [6.07, 6.45) is 2.03. The Balaban J connectivity index is 1.66. The van der Waals surface area contributed by atoms with Crippen molar-refractivity contribution in [2.45, 2.75) is 12.8 Å². The third-order valence-corrected chi connectivity index (χ3v) is 3.71. The predicted molar refractivity (Wildman–Crippen MR) is 76.4 cm³/mol. The first-order valence-electron chi connectivity index (χ1n) is 6.98. The molecule has 3 rings (SSSR count). The van der Waals surface area contributed by atoms with Crippen LogP contribution in [0.1, 0.15) is 23.3 Å². The molecule has 1 aliphatic rings. The number of carbonyl (C=O) groups excluding carboxylic acids is 2. The second-order valence-corrected chi connectivity index (χ2v) is 5.15. The van der Waals surface area contributed by atoms with Gasteiger partial charge in [-0.1, -0.05) is 6.07 Å². The van der Waals surface area contributed by atoms with E-state index in [0.717, 1.165) is 25.9 Å². The first-order valence-corrected chi connectivity index (χ1v) is 6.98. The van der Waals surface area contributed by atoms with Crippen LogP contribution in [0.25, 0.3) is 10.9 Å². The molecule has 0 aliphatic carbocycles. The maximum Gasteiger partial charge on any atom is 0.268 e. The van der Waals surface area contributed by atoms with Crippen LogP contribution in [0.5, 0.6) is 0 Å². The molecule has 1 aliphatic heterocycles. The molecule has 0 radical (unpaired) electrons. The zero-order chi connectivity index (χ0) is 14.8. The molecule has 1 saturated heterocycles. The lowest BCUT2D eigenvalue weighted by Gasteiger charge is -2.15. The summed E-state index contributed by atoms with van der Waals surface area (Å²) in [5.41, 5.74) is 0.815. The van der Waals surface area contributed by atoms with Crippen molar-refractivity contribution in [2.24, 2.45) is 0 Å². The summed E-state index contributed by atoms with van der Waals surface area (Å²) in [7, 11) is 0. The molecule has 0 atom stereocenters. The number of aromatic nitrogens is 1.